The first kappa shape index (κ1) is 37.4. The topological polar surface area (TPSA) is 21.3 Å². The molecule has 0 saturated carbocycles. The van der Waals surface area contributed by atoms with Gasteiger partial charge in [-0.15, -0.1) is 0 Å². The van der Waals surface area contributed by atoms with Crippen molar-refractivity contribution in [3.05, 3.63) is 47.9 Å². The zero-order valence-electron chi connectivity index (χ0n) is 26.1. The molecule has 222 valence electrons. The average Bonchev–Trinajstić information content (AvgIpc) is 2.94. The lowest BCUT2D eigenvalue weighted by Gasteiger charge is -2.22. The Morgan fingerprint density at radius 3 is 2.13 bits per heavy atom. The van der Waals surface area contributed by atoms with Crippen LogP contribution in [0.25, 0.3) is 0 Å². The second-order valence-corrected chi connectivity index (χ2v) is 13.2. The molecule has 2 atom stereocenters. The number of ether oxygens (including phenoxy) is 1. The Morgan fingerprint density at radius 1 is 0.842 bits per heavy atom. The van der Waals surface area contributed by atoms with Gasteiger partial charge in [0.25, 0.3) is 0 Å². The van der Waals surface area contributed by atoms with E-state index in [2.05, 4.69) is 83.4 Å². The lowest BCUT2D eigenvalue weighted by molar-refractivity contribution is 0.0849. The van der Waals surface area contributed by atoms with Crippen molar-refractivity contribution in [1.29, 1.82) is 0 Å². The molecule has 0 aromatic rings. The molecular weight excluding hydrogens is 503 g/mol. The number of nitrogens with one attached hydrogen (secondary N) is 1. The number of allylic oxidation sites excluding steroid dienone is 6. The van der Waals surface area contributed by atoms with Gasteiger partial charge in [-0.1, -0.05) is 130 Å². The van der Waals surface area contributed by atoms with E-state index >= 15 is 0 Å². The summed E-state index contributed by atoms with van der Waals surface area (Å²) in [7, 11) is 3.97. The van der Waals surface area contributed by atoms with Crippen LogP contribution in [0.5, 0.6) is 0 Å². The maximum atomic E-state index is 6.15. The summed E-state index contributed by atoms with van der Waals surface area (Å²) in [6.07, 6.45) is 31.6. The third kappa shape index (κ3) is 24.5. The summed E-state index contributed by atoms with van der Waals surface area (Å²) in [5.41, 5.74) is 2.68. The summed E-state index contributed by atoms with van der Waals surface area (Å²) in [4.78, 5) is 0. The monoisotopic (exact) mass is 565 g/mol. The Morgan fingerprint density at radius 2 is 1.50 bits per heavy atom. The molecule has 0 amide bonds. The molecule has 1 N–H and O–H groups in total. The minimum atomic E-state index is 0.645. The van der Waals surface area contributed by atoms with Gasteiger partial charge in [-0.05, 0) is 76.8 Å². The molecule has 0 aromatic heterocycles. The van der Waals surface area contributed by atoms with Crippen LogP contribution in [0.1, 0.15) is 131 Å². The summed E-state index contributed by atoms with van der Waals surface area (Å²) in [6.45, 7) is 15.3. The summed E-state index contributed by atoms with van der Waals surface area (Å²) in [5, 5.41) is 3.47. The summed E-state index contributed by atoms with van der Waals surface area (Å²) >= 11 is 0. The molecule has 0 bridgehead atoms. The van der Waals surface area contributed by atoms with E-state index in [-0.39, 0.29) is 0 Å². The highest BCUT2D eigenvalue weighted by atomic mass is 33.1. The Labute approximate surface area is 246 Å². The van der Waals surface area contributed by atoms with Gasteiger partial charge >= 0.3 is 0 Å². The maximum Gasteiger partial charge on any atom is 0.0505 e. The normalized spacial score (nSPS) is 14.6. The number of hydrogen-bond donors (Lipinski definition) is 1. The number of rotatable bonds is 27. The third-order valence-electron chi connectivity index (χ3n) is 7.26. The van der Waals surface area contributed by atoms with E-state index in [0.717, 1.165) is 31.8 Å². The molecular formula is C34H63NOS2. The van der Waals surface area contributed by atoms with Crippen LogP contribution in [0.2, 0.25) is 0 Å². The van der Waals surface area contributed by atoms with Crippen LogP contribution >= 0.6 is 21.6 Å². The molecule has 0 heterocycles. The molecule has 2 nitrogen and oxygen atoms in total. The fourth-order valence-corrected chi connectivity index (χ4v) is 6.50. The van der Waals surface area contributed by atoms with Gasteiger partial charge in [-0.3, -0.25) is 0 Å². The van der Waals surface area contributed by atoms with Gasteiger partial charge in [0.05, 0.1) is 6.61 Å². The summed E-state index contributed by atoms with van der Waals surface area (Å²) in [6, 6.07) is 0. The molecule has 0 aliphatic rings. The van der Waals surface area contributed by atoms with Gasteiger partial charge in [0.2, 0.25) is 0 Å². The van der Waals surface area contributed by atoms with Crippen molar-refractivity contribution in [1.82, 2.24) is 5.32 Å². The van der Waals surface area contributed by atoms with E-state index in [4.69, 9.17) is 4.74 Å². The van der Waals surface area contributed by atoms with Crippen LogP contribution in [-0.4, -0.2) is 24.7 Å². The average molecular weight is 566 g/mol. The predicted octanol–water partition coefficient (Wildman–Crippen LogP) is 11.7. The van der Waals surface area contributed by atoms with Crippen molar-refractivity contribution >= 4 is 21.6 Å². The van der Waals surface area contributed by atoms with Crippen LogP contribution in [-0.2, 0) is 4.74 Å². The van der Waals surface area contributed by atoms with Crippen molar-refractivity contribution in [2.75, 3.05) is 24.7 Å². The van der Waals surface area contributed by atoms with E-state index in [1.807, 2.05) is 21.6 Å². The highest BCUT2D eigenvalue weighted by Gasteiger charge is 2.16. The quantitative estimate of drug-likeness (QED) is 0.0607. The van der Waals surface area contributed by atoms with Crippen molar-refractivity contribution in [3.63, 3.8) is 0 Å². The fraction of sp³-hybridized carbons (Fsp3) is 0.765. The van der Waals surface area contributed by atoms with E-state index in [9.17, 15) is 0 Å². The minimum absolute atomic E-state index is 0.645. The number of unbranched alkanes of at least 4 members (excludes halogenated alkanes) is 9. The van der Waals surface area contributed by atoms with Crippen LogP contribution < -0.4 is 5.32 Å². The van der Waals surface area contributed by atoms with Gasteiger partial charge in [0, 0.05) is 23.8 Å². The van der Waals surface area contributed by atoms with Crippen LogP contribution in [0.15, 0.2) is 47.9 Å². The summed E-state index contributed by atoms with van der Waals surface area (Å²) < 4.78 is 6.15. The molecule has 0 rings (SSSR count). The Hall–Kier alpha value is -0.580. The molecule has 0 saturated heterocycles. The zero-order valence-corrected chi connectivity index (χ0v) is 27.7. The first-order chi connectivity index (χ1) is 18.6. The molecule has 0 aliphatic heterocycles. The largest absolute Gasteiger partial charge is 0.381 e. The zero-order chi connectivity index (χ0) is 28.1. The molecule has 4 heteroatoms. The van der Waals surface area contributed by atoms with Crippen molar-refractivity contribution in [2.45, 2.75) is 131 Å². The van der Waals surface area contributed by atoms with Crippen molar-refractivity contribution in [2.24, 2.45) is 11.8 Å². The predicted molar refractivity (Wildman–Crippen MR) is 179 cm³/mol. The molecule has 38 heavy (non-hydrogen) atoms. The lowest BCUT2D eigenvalue weighted by Crippen LogP contribution is -2.20. The third-order valence-corrected chi connectivity index (χ3v) is 9.68. The minimum Gasteiger partial charge on any atom is -0.381 e. The van der Waals surface area contributed by atoms with Crippen LogP contribution in [0, 0.1) is 11.8 Å². The van der Waals surface area contributed by atoms with Gasteiger partial charge in [-0.25, -0.2) is 0 Å². The Balaban J connectivity index is 3.79. The SMILES string of the molecule is C/C=C(/CSSCC(COCCCCCCCC/C=C\C/C=C\CCCCC)C(C)CC)N/C=C(/C)CC. The second-order valence-electron chi connectivity index (χ2n) is 10.7. The Kier molecular flexibility index (Phi) is 29.0. The first-order valence-corrected chi connectivity index (χ1v) is 18.3. The van der Waals surface area contributed by atoms with Gasteiger partial charge in [0.1, 0.15) is 0 Å². The lowest BCUT2D eigenvalue weighted by atomic mass is 9.94. The standard InChI is InChI=1S/C34H63NOS2/c1-7-11-12-13-14-15-16-17-18-19-20-21-22-23-24-25-26-36-28-33(32(6)9-3)29-37-38-30-34(10-4)35-27-31(5)8-2/h10,14-15,17-18,27,32-33,35H,7-9,11-13,16,19-26,28-30H2,1-6H3/b15-14-,18-17-,31-27-,34-10-. The van der Waals surface area contributed by atoms with E-state index in [0.29, 0.717) is 11.8 Å². The van der Waals surface area contributed by atoms with Gasteiger partial charge in [0.15, 0.2) is 0 Å². The smallest absolute Gasteiger partial charge is 0.0505 e. The molecule has 0 aromatic carbocycles. The number of hydrogen-bond acceptors (Lipinski definition) is 4. The molecule has 0 aliphatic carbocycles. The molecule has 0 spiro atoms. The Bertz CT molecular complexity index is 626. The fourth-order valence-electron chi connectivity index (χ4n) is 3.90. The molecule has 0 radical (unpaired) electrons. The summed E-state index contributed by atoms with van der Waals surface area (Å²) in [5.74, 6) is 3.56. The van der Waals surface area contributed by atoms with Crippen LogP contribution in [0.4, 0.5) is 0 Å². The highest BCUT2D eigenvalue weighted by Crippen LogP contribution is 2.29. The highest BCUT2D eigenvalue weighted by molar-refractivity contribution is 8.76. The van der Waals surface area contributed by atoms with E-state index in [1.54, 1.807) is 0 Å². The maximum absolute atomic E-state index is 6.15. The van der Waals surface area contributed by atoms with E-state index in [1.165, 1.54) is 94.1 Å². The molecule has 0 fully saturated rings. The van der Waals surface area contributed by atoms with Crippen molar-refractivity contribution in [3.8, 4) is 0 Å². The van der Waals surface area contributed by atoms with Crippen LogP contribution in [0.3, 0.4) is 0 Å². The van der Waals surface area contributed by atoms with Gasteiger partial charge in [-0.2, -0.15) is 0 Å². The van der Waals surface area contributed by atoms with E-state index < -0.39 is 0 Å². The van der Waals surface area contributed by atoms with Gasteiger partial charge < -0.3 is 10.1 Å². The molecule has 2 unspecified atom stereocenters. The van der Waals surface area contributed by atoms with Crippen molar-refractivity contribution < 1.29 is 4.74 Å². The first-order valence-electron chi connectivity index (χ1n) is 15.8. The second kappa shape index (κ2) is 29.4.